The Kier molecular flexibility index (Phi) is 5.08. The second-order valence-corrected chi connectivity index (χ2v) is 8.62. The number of hydrogen-bond donors (Lipinski definition) is 2. The first kappa shape index (κ1) is 21.1. The molecule has 3 aromatic carbocycles. The number of nitro groups is 1. The van der Waals surface area contributed by atoms with Gasteiger partial charge in [-0.25, -0.2) is 0 Å². The highest BCUT2D eigenvalue weighted by atomic mass is 16.7. The van der Waals surface area contributed by atoms with Gasteiger partial charge < -0.3 is 14.5 Å². The summed E-state index contributed by atoms with van der Waals surface area (Å²) in [5, 5.41) is 15.5. The molecule has 0 saturated heterocycles. The van der Waals surface area contributed by atoms with Crippen molar-refractivity contribution in [1.82, 2.24) is 10.3 Å². The third-order valence-corrected chi connectivity index (χ3v) is 6.53. The third kappa shape index (κ3) is 3.83. The number of nitrogens with one attached hydrogen (secondary N) is 2. The Labute approximate surface area is 200 Å². The van der Waals surface area contributed by atoms with E-state index in [1.54, 1.807) is 18.2 Å². The van der Waals surface area contributed by atoms with Crippen LogP contribution in [-0.4, -0.2) is 28.5 Å². The number of ether oxygens (including phenoxy) is 2. The zero-order valence-corrected chi connectivity index (χ0v) is 18.6. The van der Waals surface area contributed by atoms with Crippen LogP contribution in [0.2, 0.25) is 0 Å². The van der Waals surface area contributed by atoms with Crippen molar-refractivity contribution >= 4 is 28.4 Å². The second-order valence-electron chi connectivity index (χ2n) is 8.62. The van der Waals surface area contributed by atoms with Crippen LogP contribution in [0.15, 0.2) is 72.8 Å². The van der Waals surface area contributed by atoms with Gasteiger partial charge in [0.05, 0.1) is 17.0 Å². The van der Waals surface area contributed by atoms with Crippen molar-refractivity contribution in [2.75, 3.05) is 6.79 Å². The number of para-hydroxylation sites is 1. The lowest BCUT2D eigenvalue weighted by Crippen LogP contribution is -2.44. The number of rotatable bonds is 5. The molecule has 2 aliphatic rings. The van der Waals surface area contributed by atoms with Gasteiger partial charge in [0.2, 0.25) is 6.79 Å². The molecule has 0 fully saturated rings. The van der Waals surface area contributed by atoms with Crippen LogP contribution in [0.4, 0.5) is 5.69 Å². The van der Waals surface area contributed by atoms with E-state index in [0.717, 1.165) is 33.3 Å². The van der Waals surface area contributed by atoms with Crippen LogP contribution in [0.5, 0.6) is 11.5 Å². The van der Waals surface area contributed by atoms with Crippen molar-refractivity contribution in [3.8, 4) is 11.5 Å². The van der Waals surface area contributed by atoms with E-state index >= 15 is 0 Å². The fraction of sp³-hybridized carbons (Fsp3) is 0.148. The molecule has 3 heterocycles. The number of ketones is 1. The van der Waals surface area contributed by atoms with Crippen molar-refractivity contribution in [3.05, 3.63) is 105 Å². The van der Waals surface area contributed by atoms with Crippen molar-refractivity contribution in [3.63, 3.8) is 0 Å². The first-order chi connectivity index (χ1) is 17.1. The summed E-state index contributed by atoms with van der Waals surface area (Å²) in [5.41, 5.74) is 4.89. The monoisotopic (exact) mass is 467 g/mol. The van der Waals surface area contributed by atoms with Gasteiger partial charge in [-0.2, -0.15) is 0 Å². The highest BCUT2D eigenvalue weighted by molar-refractivity contribution is 5.99. The van der Waals surface area contributed by atoms with Gasteiger partial charge in [0.15, 0.2) is 17.3 Å². The van der Waals surface area contributed by atoms with Gasteiger partial charge in [-0.15, -0.1) is 0 Å². The Balaban J connectivity index is 1.33. The maximum atomic E-state index is 13.3. The molecule has 2 unspecified atom stereocenters. The van der Waals surface area contributed by atoms with Crippen molar-refractivity contribution < 1.29 is 19.2 Å². The number of carbonyl (C=O) groups excluding carboxylic acids is 1. The molecule has 0 spiro atoms. The maximum Gasteiger partial charge on any atom is 0.269 e. The smallest absolute Gasteiger partial charge is 0.269 e. The van der Waals surface area contributed by atoms with Crippen LogP contribution >= 0.6 is 0 Å². The largest absolute Gasteiger partial charge is 0.454 e. The van der Waals surface area contributed by atoms with E-state index in [1.807, 2.05) is 36.4 Å². The Morgan fingerprint density at radius 2 is 1.83 bits per heavy atom. The normalized spacial score (nSPS) is 18.6. The van der Waals surface area contributed by atoms with Gasteiger partial charge >= 0.3 is 0 Å². The first-order valence-electron chi connectivity index (χ1n) is 11.3. The number of H-pyrrole nitrogens is 1. The number of hydrogen-bond acceptors (Lipinski definition) is 6. The number of benzene rings is 3. The molecular weight excluding hydrogens is 446 g/mol. The van der Waals surface area contributed by atoms with E-state index in [0.29, 0.717) is 17.9 Å². The molecule has 1 aromatic heterocycles. The molecule has 4 aromatic rings. The Morgan fingerprint density at radius 3 is 2.66 bits per heavy atom. The Morgan fingerprint density at radius 1 is 1.03 bits per heavy atom. The lowest BCUT2D eigenvalue weighted by molar-refractivity contribution is -0.384. The van der Waals surface area contributed by atoms with E-state index < -0.39 is 11.0 Å². The average Bonchev–Trinajstić information content (AvgIpc) is 3.51. The minimum absolute atomic E-state index is 0.0147. The predicted molar refractivity (Wildman–Crippen MR) is 130 cm³/mol. The lowest BCUT2D eigenvalue weighted by atomic mass is 9.88. The van der Waals surface area contributed by atoms with E-state index in [9.17, 15) is 14.9 Å². The number of aromatic nitrogens is 1. The molecule has 2 atom stereocenters. The minimum Gasteiger partial charge on any atom is -0.454 e. The molecule has 0 bridgehead atoms. The Hall–Kier alpha value is -4.43. The molecule has 174 valence electrons. The fourth-order valence-corrected chi connectivity index (χ4v) is 4.77. The molecule has 2 N–H and O–H groups in total. The lowest BCUT2D eigenvalue weighted by Gasteiger charge is -2.30. The third-order valence-electron chi connectivity index (χ3n) is 6.53. The fourth-order valence-electron chi connectivity index (χ4n) is 4.77. The van der Waals surface area contributed by atoms with Crippen molar-refractivity contribution in [2.45, 2.75) is 18.5 Å². The molecular formula is C27H21N3O5. The van der Waals surface area contributed by atoms with Crippen LogP contribution in [0.25, 0.3) is 17.0 Å². The standard InChI is InChI=1S/C27H21N3O5/c31-23(11-7-16-5-9-18(10-6-16)30(32)33)22-14-20-19-3-1-2-4-21(19)28-27(20)26(29-22)17-8-12-24-25(13-17)35-15-34-24/h1-13,22,26,28-29H,14-15H2. The molecule has 0 saturated carbocycles. The minimum atomic E-state index is -0.445. The van der Waals surface area contributed by atoms with Gasteiger partial charge in [0.25, 0.3) is 5.69 Å². The summed E-state index contributed by atoms with van der Waals surface area (Å²) in [6, 6.07) is 19.4. The van der Waals surface area contributed by atoms with Gasteiger partial charge in [0, 0.05) is 28.7 Å². The summed E-state index contributed by atoms with van der Waals surface area (Å²) in [4.78, 5) is 27.2. The van der Waals surface area contributed by atoms with Crippen molar-refractivity contribution in [1.29, 1.82) is 0 Å². The number of aromatic amines is 1. The van der Waals surface area contributed by atoms with Gasteiger partial charge in [-0.1, -0.05) is 30.3 Å². The molecule has 0 amide bonds. The van der Waals surface area contributed by atoms with Crippen LogP contribution in [-0.2, 0) is 11.2 Å². The summed E-state index contributed by atoms with van der Waals surface area (Å²) in [6.07, 6.45) is 3.77. The number of carbonyl (C=O) groups is 1. The number of non-ortho nitro benzene ring substituents is 1. The van der Waals surface area contributed by atoms with Gasteiger partial charge in [-0.05, 0) is 59.5 Å². The highest BCUT2D eigenvalue weighted by Crippen LogP contribution is 2.39. The van der Waals surface area contributed by atoms with E-state index in [4.69, 9.17) is 9.47 Å². The first-order valence-corrected chi connectivity index (χ1v) is 11.3. The Bertz CT molecular complexity index is 1490. The molecule has 2 aliphatic heterocycles. The van der Waals surface area contributed by atoms with E-state index in [2.05, 4.69) is 16.4 Å². The molecule has 0 radical (unpaired) electrons. The van der Waals surface area contributed by atoms with Crippen molar-refractivity contribution in [2.24, 2.45) is 0 Å². The van der Waals surface area contributed by atoms with Gasteiger partial charge in [0.1, 0.15) is 0 Å². The molecule has 8 nitrogen and oxygen atoms in total. The summed E-state index contributed by atoms with van der Waals surface area (Å²) in [5.74, 6) is 1.33. The predicted octanol–water partition coefficient (Wildman–Crippen LogP) is 4.69. The van der Waals surface area contributed by atoms with Crippen LogP contribution in [0.3, 0.4) is 0 Å². The molecule has 35 heavy (non-hydrogen) atoms. The number of nitro benzene ring substituents is 1. The molecule has 6 rings (SSSR count). The second kappa shape index (κ2) is 8.41. The SMILES string of the molecule is O=C(C=Cc1ccc([N+](=O)[O-])cc1)C1Cc2c([nH]c3ccccc23)C(c2ccc3c(c2)OCO3)N1. The maximum absolute atomic E-state index is 13.3. The molecule has 0 aliphatic carbocycles. The topological polar surface area (TPSA) is 106 Å². The summed E-state index contributed by atoms with van der Waals surface area (Å²) >= 11 is 0. The van der Waals surface area contributed by atoms with E-state index in [1.165, 1.54) is 18.2 Å². The summed E-state index contributed by atoms with van der Waals surface area (Å²) in [6.45, 7) is 0.197. The molecule has 8 heteroatoms. The van der Waals surface area contributed by atoms with Gasteiger partial charge in [-0.3, -0.25) is 20.2 Å². The zero-order valence-electron chi connectivity index (χ0n) is 18.6. The highest BCUT2D eigenvalue weighted by Gasteiger charge is 2.33. The zero-order chi connectivity index (χ0) is 23.9. The summed E-state index contributed by atoms with van der Waals surface area (Å²) < 4.78 is 11.0. The van der Waals surface area contributed by atoms with Crippen LogP contribution < -0.4 is 14.8 Å². The summed E-state index contributed by atoms with van der Waals surface area (Å²) in [7, 11) is 0. The van der Waals surface area contributed by atoms with Crippen LogP contribution in [0, 0.1) is 10.1 Å². The van der Waals surface area contributed by atoms with Crippen LogP contribution in [0.1, 0.15) is 28.4 Å². The number of nitrogens with zero attached hydrogens (tertiary/aromatic N) is 1. The number of fused-ring (bicyclic) bond motifs is 4. The quantitative estimate of drug-likeness (QED) is 0.251. The average molecular weight is 467 g/mol. The van der Waals surface area contributed by atoms with E-state index in [-0.39, 0.29) is 24.3 Å².